The van der Waals surface area contributed by atoms with Crippen molar-refractivity contribution in [2.45, 2.75) is 32.3 Å². The topological polar surface area (TPSA) is 42.1 Å². The number of carbonyl (C=O) groups excluding carboxylic acids is 1. The first kappa shape index (κ1) is 9.31. The number of rotatable bonds is 4. The van der Waals surface area contributed by atoms with E-state index in [2.05, 4.69) is 4.98 Å². The number of hydrogen-bond acceptors (Lipinski definition) is 2. The molecule has 1 aliphatic carbocycles. The van der Waals surface area contributed by atoms with E-state index in [-0.39, 0.29) is 12.1 Å². The second-order valence-electron chi connectivity index (χ2n) is 3.99. The summed E-state index contributed by atoms with van der Waals surface area (Å²) in [5, 5.41) is 0. The van der Waals surface area contributed by atoms with Crippen LogP contribution in [0.2, 0.25) is 0 Å². The predicted octanol–water partition coefficient (Wildman–Crippen LogP) is 2.36. The van der Waals surface area contributed by atoms with Crippen molar-refractivity contribution in [3.05, 3.63) is 24.0 Å². The minimum atomic E-state index is -0.223. The lowest BCUT2D eigenvalue weighted by atomic mass is 10.2. The van der Waals surface area contributed by atoms with Crippen molar-refractivity contribution in [3.63, 3.8) is 0 Å². The smallest absolute Gasteiger partial charge is 0.339 e. The van der Waals surface area contributed by atoms with Crippen LogP contribution < -0.4 is 0 Å². The molecule has 1 fully saturated rings. The van der Waals surface area contributed by atoms with Crippen LogP contribution >= 0.6 is 0 Å². The number of H-pyrrole nitrogens is 1. The molecule has 0 radical (unpaired) electrons. The Morgan fingerprint density at radius 2 is 2.50 bits per heavy atom. The van der Waals surface area contributed by atoms with Gasteiger partial charge in [-0.25, -0.2) is 4.79 Å². The minimum absolute atomic E-state index is 0.0462. The van der Waals surface area contributed by atoms with Gasteiger partial charge in [0.05, 0.1) is 11.7 Å². The Morgan fingerprint density at radius 3 is 3.07 bits per heavy atom. The van der Waals surface area contributed by atoms with Crippen molar-refractivity contribution in [1.29, 1.82) is 0 Å². The monoisotopic (exact) mass is 193 g/mol. The Bertz CT molecular complexity index is 301. The summed E-state index contributed by atoms with van der Waals surface area (Å²) in [4.78, 5) is 14.3. The highest BCUT2D eigenvalue weighted by molar-refractivity contribution is 5.89. The summed E-state index contributed by atoms with van der Waals surface area (Å²) >= 11 is 0. The molecule has 3 nitrogen and oxygen atoms in total. The number of carbonyl (C=O) groups is 1. The maximum Gasteiger partial charge on any atom is 0.339 e. The van der Waals surface area contributed by atoms with Crippen molar-refractivity contribution in [2.75, 3.05) is 0 Å². The summed E-state index contributed by atoms with van der Waals surface area (Å²) in [5.41, 5.74) is 0.604. The summed E-state index contributed by atoms with van der Waals surface area (Å²) in [6.07, 6.45) is 7.03. The molecule has 76 valence electrons. The maximum absolute atomic E-state index is 11.5. The van der Waals surface area contributed by atoms with Gasteiger partial charge >= 0.3 is 5.97 Å². The average Bonchev–Trinajstić information content (AvgIpc) is 2.80. The molecule has 1 aromatic rings. The number of aromatic amines is 1. The summed E-state index contributed by atoms with van der Waals surface area (Å²) in [5.74, 6) is 0.573. The van der Waals surface area contributed by atoms with Gasteiger partial charge in [-0.2, -0.15) is 0 Å². The van der Waals surface area contributed by atoms with Crippen LogP contribution in [0.15, 0.2) is 18.5 Å². The van der Waals surface area contributed by atoms with Crippen molar-refractivity contribution >= 4 is 5.97 Å². The molecule has 1 saturated carbocycles. The number of esters is 1. The minimum Gasteiger partial charge on any atom is -0.459 e. The van der Waals surface area contributed by atoms with Crippen LogP contribution in [0.3, 0.4) is 0 Å². The molecule has 1 aromatic heterocycles. The lowest BCUT2D eigenvalue weighted by Gasteiger charge is -2.11. The first-order chi connectivity index (χ1) is 6.75. The van der Waals surface area contributed by atoms with Gasteiger partial charge in [-0.3, -0.25) is 0 Å². The second kappa shape index (κ2) is 3.86. The number of aromatic nitrogens is 1. The summed E-state index contributed by atoms with van der Waals surface area (Å²) in [6.45, 7) is 1.96. The Balaban J connectivity index is 1.81. The van der Waals surface area contributed by atoms with Crippen molar-refractivity contribution < 1.29 is 9.53 Å². The van der Waals surface area contributed by atoms with E-state index in [1.165, 1.54) is 12.8 Å². The fraction of sp³-hybridized carbons (Fsp3) is 0.545. The van der Waals surface area contributed by atoms with E-state index >= 15 is 0 Å². The van der Waals surface area contributed by atoms with E-state index in [0.29, 0.717) is 5.56 Å². The normalized spacial score (nSPS) is 17.8. The van der Waals surface area contributed by atoms with Crippen molar-refractivity contribution in [3.8, 4) is 0 Å². The molecule has 0 aliphatic heterocycles. The molecule has 2 rings (SSSR count). The Morgan fingerprint density at radius 1 is 1.71 bits per heavy atom. The maximum atomic E-state index is 11.5. The van der Waals surface area contributed by atoms with Gasteiger partial charge in [-0.15, -0.1) is 0 Å². The zero-order valence-electron chi connectivity index (χ0n) is 8.32. The Hall–Kier alpha value is -1.25. The van der Waals surface area contributed by atoms with Crippen molar-refractivity contribution in [1.82, 2.24) is 4.98 Å². The highest BCUT2D eigenvalue weighted by Gasteiger charge is 2.25. The lowest BCUT2D eigenvalue weighted by Crippen LogP contribution is -2.15. The van der Waals surface area contributed by atoms with E-state index < -0.39 is 0 Å². The SMILES string of the molecule is CC(CC1CC1)OC(=O)c1cc[nH]c1. The van der Waals surface area contributed by atoms with Gasteiger partial charge in [0.15, 0.2) is 0 Å². The highest BCUT2D eigenvalue weighted by atomic mass is 16.5. The van der Waals surface area contributed by atoms with Gasteiger partial charge in [0.2, 0.25) is 0 Å². The summed E-state index contributed by atoms with van der Waals surface area (Å²) < 4.78 is 5.29. The van der Waals surface area contributed by atoms with E-state index in [0.717, 1.165) is 12.3 Å². The highest BCUT2D eigenvalue weighted by Crippen LogP contribution is 2.34. The third kappa shape index (κ3) is 2.37. The predicted molar refractivity (Wildman–Crippen MR) is 53.0 cm³/mol. The summed E-state index contributed by atoms with van der Waals surface area (Å²) in [6, 6.07) is 1.73. The van der Waals surface area contributed by atoms with Crippen LogP contribution in [0.5, 0.6) is 0 Å². The lowest BCUT2D eigenvalue weighted by molar-refractivity contribution is 0.0313. The number of hydrogen-bond donors (Lipinski definition) is 1. The molecule has 1 aliphatic rings. The van der Waals surface area contributed by atoms with Gasteiger partial charge < -0.3 is 9.72 Å². The molecule has 1 heterocycles. The summed E-state index contributed by atoms with van der Waals surface area (Å²) in [7, 11) is 0. The van der Waals surface area contributed by atoms with Gasteiger partial charge in [0.1, 0.15) is 0 Å². The van der Waals surface area contributed by atoms with E-state index in [1.807, 2.05) is 6.92 Å². The van der Waals surface area contributed by atoms with Crippen LogP contribution in [-0.2, 0) is 4.74 Å². The fourth-order valence-corrected chi connectivity index (χ4v) is 1.57. The number of nitrogens with one attached hydrogen (secondary N) is 1. The van der Waals surface area contributed by atoms with Crippen LogP contribution in [0, 0.1) is 5.92 Å². The molecule has 14 heavy (non-hydrogen) atoms. The average molecular weight is 193 g/mol. The largest absolute Gasteiger partial charge is 0.459 e. The quantitative estimate of drug-likeness (QED) is 0.746. The zero-order valence-corrected chi connectivity index (χ0v) is 8.32. The molecule has 0 spiro atoms. The van der Waals surface area contributed by atoms with Crippen LogP contribution in [-0.4, -0.2) is 17.1 Å². The Labute approximate surface area is 83.5 Å². The first-order valence-electron chi connectivity index (χ1n) is 5.09. The number of ether oxygens (including phenoxy) is 1. The van der Waals surface area contributed by atoms with Gasteiger partial charge in [-0.1, -0.05) is 12.8 Å². The van der Waals surface area contributed by atoms with Gasteiger partial charge in [0.25, 0.3) is 0 Å². The van der Waals surface area contributed by atoms with Crippen molar-refractivity contribution in [2.24, 2.45) is 5.92 Å². The molecule has 0 aromatic carbocycles. The zero-order chi connectivity index (χ0) is 9.97. The molecule has 0 amide bonds. The van der Waals surface area contributed by atoms with Gasteiger partial charge in [-0.05, 0) is 25.3 Å². The molecular weight excluding hydrogens is 178 g/mol. The third-order valence-corrected chi connectivity index (χ3v) is 2.50. The molecule has 1 atom stereocenters. The first-order valence-corrected chi connectivity index (χ1v) is 5.09. The molecule has 0 saturated heterocycles. The van der Waals surface area contributed by atoms with Crippen LogP contribution in [0.4, 0.5) is 0 Å². The van der Waals surface area contributed by atoms with E-state index in [4.69, 9.17) is 4.74 Å². The van der Waals surface area contributed by atoms with Gasteiger partial charge in [0, 0.05) is 12.4 Å². The molecule has 3 heteroatoms. The Kier molecular flexibility index (Phi) is 2.57. The van der Waals surface area contributed by atoms with E-state index in [1.54, 1.807) is 18.5 Å². The third-order valence-electron chi connectivity index (χ3n) is 2.50. The van der Waals surface area contributed by atoms with Crippen LogP contribution in [0.25, 0.3) is 0 Å². The van der Waals surface area contributed by atoms with Crippen LogP contribution in [0.1, 0.15) is 36.5 Å². The molecule has 1 N–H and O–H groups in total. The fourth-order valence-electron chi connectivity index (χ4n) is 1.57. The molecule has 0 bridgehead atoms. The van der Waals surface area contributed by atoms with E-state index in [9.17, 15) is 4.79 Å². The second-order valence-corrected chi connectivity index (χ2v) is 3.99. The molecular formula is C11H15NO2. The molecule has 1 unspecified atom stereocenters. The standard InChI is InChI=1S/C11H15NO2/c1-8(6-9-2-3-9)14-11(13)10-4-5-12-7-10/h4-5,7-9,12H,2-3,6H2,1H3.